The van der Waals surface area contributed by atoms with Crippen molar-refractivity contribution < 1.29 is 9.53 Å². The van der Waals surface area contributed by atoms with E-state index in [1.807, 2.05) is 25.1 Å². The van der Waals surface area contributed by atoms with E-state index in [0.29, 0.717) is 48.8 Å². The number of nitrogens with zero attached hydrogens (tertiary/aromatic N) is 3. The molecule has 3 heterocycles. The molecule has 7 heteroatoms. The van der Waals surface area contributed by atoms with Gasteiger partial charge in [0.15, 0.2) is 5.75 Å². The number of nitrogen functional groups attached to an aromatic ring is 1. The Morgan fingerprint density at radius 3 is 2.94 bits per heavy atom. The molecule has 2 aromatic carbocycles. The number of amides is 1. The number of anilines is 2. The zero-order chi connectivity index (χ0) is 24.0. The van der Waals surface area contributed by atoms with Crippen molar-refractivity contribution in [2.24, 2.45) is 0 Å². The van der Waals surface area contributed by atoms with Gasteiger partial charge in [0.25, 0.3) is 0 Å². The van der Waals surface area contributed by atoms with Crippen LogP contribution in [0.4, 0.5) is 11.4 Å². The second-order valence-electron chi connectivity index (χ2n) is 8.58. The van der Waals surface area contributed by atoms with Crippen molar-refractivity contribution in [1.82, 2.24) is 9.88 Å². The first kappa shape index (κ1) is 21.5. The third-order valence-corrected chi connectivity index (χ3v) is 6.69. The molecular formula is C27H25N5O2. The van der Waals surface area contributed by atoms with Gasteiger partial charge >= 0.3 is 0 Å². The highest BCUT2D eigenvalue weighted by Gasteiger charge is 2.35. The fraction of sp³-hybridized carbons (Fsp3) is 0.222. The first-order valence-corrected chi connectivity index (χ1v) is 11.1. The third-order valence-electron chi connectivity index (χ3n) is 6.69. The summed E-state index contributed by atoms with van der Waals surface area (Å²) in [5.41, 5.74) is 12.4. The van der Waals surface area contributed by atoms with E-state index in [1.165, 1.54) is 12.3 Å². The average molecular weight is 452 g/mol. The number of pyridine rings is 1. The molecule has 0 radical (unpaired) electrons. The number of rotatable bonds is 3. The number of hydrogen-bond acceptors (Lipinski definition) is 6. The number of ether oxygens (including phenoxy) is 1. The van der Waals surface area contributed by atoms with Gasteiger partial charge in [-0.25, -0.2) is 0 Å². The van der Waals surface area contributed by atoms with Crippen molar-refractivity contribution in [3.63, 3.8) is 0 Å². The van der Waals surface area contributed by atoms with Gasteiger partial charge in [-0.1, -0.05) is 18.6 Å². The normalized spacial score (nSPS) is 16.8. The molecule has 2 aliphatic rings. The highest BCUT2D eigenvalue weighted by molar-refractivity contribution is 6.03. The molecular weight excluding hydrogens is 426 g/mol. The molecule has 7 nitrogen and oxygen atoms in total. The quantitative estimate of drug-likeness (QED) is 0.276. The molecule has 3 N–H and O–H groups in total. The number of carbonyl (C=O) groups is 1. The summed E-state index contributed by atoms with van der Waals surface area (Å²) in [6, 6.07) is 7.72. The lowest BCUT2D eigenvalue weighted by molar-refractivity contribution is -0.127. The number of terminal acetylenes is 1. The lowest BCUT2D eigenvalue weighted by Gasteiger charge is -2.45. The standard InChI is InChI=1S/C27H25N5O2/c1-4-17-10-20-23(11-19(17)26-16(3)6-7-22(29)21(26)12-28)30-13-24-27(20)32-9-8-31(25(33)5-2)14-18(32)15-34-24/h1,5-7,10-13,18,28H,2,8-9,14-15,29H2,3H3/t18-/m1/s1. The van der Waals surface area contributed by atoms with Crippen molar-refractivity contribution in [2.75, 3.05) is 36.9 Å². The van der Waals surface area contributed by atoms with E-state index in [-0.39, 0.29) is 11.9 Å². The molecule has 0 saturated carbocycles. The van der Waals surface area contributed by atoms with Gasteiger partial charge in [-0.05, 0) is 42.3 Å². The predicted octanol–water partition coefficient (Wildman–Crippen LogP) is 3.37. The number of nitrogens with one attached hydrogen (secondary N) is 1. The highest BCUT2D eigenvalue weighted by atomic mass is 16.5. The van der Waals surface area contributed by atoms with Gasteiger partial charge < -0.3 is 25.7 Å². The minimum absolute atomic E-state index is 0.0328. The summed E-state index contributed by atoms with van der Waals surface area (Å²) in [6.07, 6.45) is 10.3. The van der Waals surface area contributed by atoms with Gasteiger partial charge in [-0.3, -0.25) is 9.78 Å². The van der Waals surface area contributed by atoms with Gasteiger partial charge in [-0.15, -0.1) is 6.42 Å². The van der Waals surface area contributed by atoms with Crippen LogP contribution in [-0.4, -0.2) is 54.3 Å². The number of aryl methyl sites for hydroxylation is 1. The van der Waals surface area contributed by atoms with Crippen molar-refractivity contribution in [3.8, 4) is 29.2 Å². The second-order valence-corrected chi connectivity index (χ2v) is 8.58. The third kappa shape index (κ3) is 3.27. The zero-order valence-corrected chi connectivity index (χ0v) is 19.0. The van der Waals surface area contributed by atoms with Crippen molar-refractivity contribution in [2.45, 2.75) is 13.0 Å². The number of nitrogens with two attached hydrogens (primary N) is 1. The van der Waals surface area contributed by atoms with E-state index < -0.39 is 0 Å². The van der Waals surface area contributed by atoms with Crippen molar-refractivity contribution in [1.29, 1.82) is 5.41 Å². The van der Waals surface area contributed by atoms with Crippen LogP contribution in [0.25, 0.3) is 22.0 Å². The second kappa shape index (κ2) is 8.23. The Kier molecular flexibility index (Phi) is 5.21. The Hall–Kier alpha value is -4.31. The predicted molar refractivity (Wildman–Crippen MR) is 136 cm³/mol. The molecule has 1 saturated heterocycles. The molecule has 1 fully saturated rings. The van der Waals surface area contributed by atoms with Crippen LogP contribution in [0.5, 0.6) is 5.75 Å². The van der Waals surface area contributed by atoms with Gasteiger partial charge in [-0.2, -0.15) is 0 Å². The molecule has 1 atom stereocenters. The van der Waals surface area contributed by atoms with Crippen LogP contribution in [0, 0.1) is 24.7 Å². The fourth-order valence-corrected chi connectivity index (χ4v) is 5.00. The smallest absolute Gasteiger partial charge is 0.246 e. The summed E-state index contributed by atoms with van der Waals surface area (Å²) in [5, 5.41) is 8.82. The van der Waals surface area contributed by atoms with Gasteiger partial charge in [0.05, 0.1) is 23.4 Å². The summed E-state index contributed by atoms with van der Waals surface area (Å²) in [7, 11) is 0. The maximum absolute atomic E-state index is 12.2. The van der Waals surface area contributed by atoms with Crippen molar-refractivity contribution in [3.05, 3.63) is 59.8 Å². The molecule has 34 heavy (non-hydrogen) atoms. The molecule has 5 rings (SSSR count). The Labute approximate surface area is 198 Å². The molecule has 1 aromatic heterocycles. The Morgan fingerprint density at radius 2 is 2.21 bits per heavy atom. The summed E-state index contributed by atoms with van der Waals surface area (Å²) >= 11 is 0. The van der Waals surface area contributed by atoms with E-state index in [0.717, 1.165) is 33.3 Å². The van der Waals surface area contributed by atoms with E-state index >= 15 is 0 Å². The lowest BCUT2D eigenvalue weighted by Crippen LogP contribution is -2.58. The Balaban J connectivity index is 1.67. The zero-order valence-electron chi connectivity index (χ0n) is 19.0. The van der Waals surface area contributed by atoms with Gasteiger partial charge in [0.2, 0.25) is 5.91 Å². The van der Waals surface area contributed by atoms with Crippen LogP contribution in [0.1, 0.15) is 16.7 Å². The van der Waals surface area contributed by atoms with E-state index in [1.54, 1.807) is 17.2 Å². The number of hydrogen-bond donors (Lipinski definition) is 2. The molecule has 3 aromatic rings. The SMILES string of the molecule is C#Cc1cc2c3c(cnc2cc1-c1c(C)ccc(N)c1C=N)OC[C@H]1CN(C(=O)C=C)CCN31. The Bertz CT molecular complexity index is 1400. The molecule has 0 aliphatic carbocycles. The Morgan fingerprint density at radius 1 is 1.38 bits per heavy atom. The molecule has 170 valence electrons. The van der Waals surface area contributed by atoms with Gasteiger partial charge in [0, 0.05) is 53.6 Å². The summed E-state index contributed by atoms with van der Waals surface area (Å²) in [4.78, 5) is 20.9. The first-order valence-electron chi connectivity index (χ1n) is 11.1. The molecule has 0 bridgehead atoms. The summed E-state index contributed by atoms with van der Waals surface area (Å²) < 4.78 is 6.06. The van der Waals surface area contributed by atoms with Crippen LogP contribution in [0.2, 0.25) is 0 Å². The number of aromatic nitrogens is 1. The number of piperazine rings is 1. The fourth-order valence-electron chi connectivity index (χ4n) is 5.00. The minimum Gasteiger partial charge on any atom is -0.488 e. The van der Waals surface area contributed by atoms with Crippen LogP contribution in [0.15, 0.2) is 43.1 Å². The molecule has 0 spiro atoms. The molecule has 0 unspecified atom stereocenters. The van der Waals surface area contributed by atoms with E-state index in [2.05, 4.69) is 22.4 Å². The summed E-state index contributed by atoms with van der Waals surface area (Å²) in [5.74, 6) is 3.47. The van der Waals surface area contributed by atoms with Crippen LogP contribution >= 0.6 is 0 Å². The van der Waals surface area contributed by atoms with Crippen LogP contribution < -0.4 is 15.4 Å². The van der Waals surface area contributed by atoms with Gasteiger partial charge in [0.1, 0.15) is 6.61 Å². The van der Waals surface area contributed by atoms with Crippen LogP contribution in [-0.2, 0) is 4.79 Å². The lowest BCUT2D eigenvalue weighted by atomic mass is 9.89. The minimum atomic E-state index is -0.0659. The van der Waals surface area contributed by atoms with Crippen molar-refractivity contribution >= 4 is 34.4 Å². The van der Waals surface area contributed by atoms with Crippen LogP contribution in [0.3, 0.4) is 0 Å². The largest absolute Gasteiger partial charge is 0.488 e. The number of carbonyl (C=O) groups excluding carboxylic acids is 1. The highest BCUT2D eigenvalue weighted by Crippen LogP contribution is 2.43. The molecule has 1 amide bonds. The van der Waals surface area contributed by atoms with E-state index in [9.17, 15) is 4.79 Å². The number of fused-ring (bicyclic) bond motifs is 5. The average Bonchev–Trinajstić information content (AvgIpc) is 2.87. The topological polar surface area (TPSA) is 95.5 Å². The maximum atomic E-state index is 12.2. The maximum Gasteiger partial charge on any atom is 0.246 e. The van der Waals surface area contributed by atoms with E-state index in [4.69, 9.17) is 22.3 Å². The number of benzene rings is 2. The monoisotopic (exact) mass is 451 g/mol. The first-order chi connectivity index (χ1) is 16.5. The molecule has 2 aliphatic heterocycles. The summed E-state index contributed by atoms with van der Waals surface area (Å²) in [6.45, 7) is 7.92.